The number of oxazole rings is 1. The highest BCUT2D eigenvalue weighted by molar-refractivity contribution is 7.09. The van der Waals surface area contributed by atoms with E-state index in [9.17, 15) is 9.18 Å². The standard InChI is InChI=1S/C20H16FN3O2S/c1-2-17(25)24-20(19-22-11-12-27-19,13-7-9-14(21)10-8-13)18-23-15-5-3-4-6-16(15)26-18/h3-12H,2H2,1H3,(H,24,25). The third-order valence-corrected chi connectivity index (χ3v) is 5.19. The van der Waals surface area contributed by atoms with Gasteiger partial charge in [0.25, 0.3) is 0 Å². The zero-order valence-corrected chi connectivity index (χ0v) is 15.3. The molecule has 7 heteroatoms. The fraction of sp³-hybridized carbons (Fsp3) is 0.150. The number of hydrogen-bond donors (Lipinski definition) is 1. The van der Waals surface area contributed by atoms with Crippen LogP contribution in [-0.4, -0.2) is 15.9 Å². The van der Waals surface area contributed by atoms with Crippen LogP contribution in [0.4, 0.5) is 4.39 Å². The van der Waals surface area contributed by atoms with Gasteiger partial charge in [-0.1, -0.05) is 31.2 Å². The Bertz CT molecular complexity index is 1040. The molecule has 2 aromatic carbocycles. The second-order valence-electron chi connectivity index (χ2n) is 5.98. The van der Waals surface area contributed by atoms with Crippen LogP contribution in [0.3, 0.4) is 0 Å². The molecule has 0 spiro atoms. The maximum Gasteiger partial charge on any atom is 0.233 e. The molecule has 1 atom stereocenters. The van der Waals surface area contributed by atoms with Crippen LogP contribution in [0.1, 0.15) is 29.8 Å². The summed E-state index contributed by atoms with van der Waals surface area (Å²) >= 11 is 1.37. The molecule has 0 fully saturated rings. The number of aromatic nitrogens is 2. The van der Waals surface area contributed by atoms with E-state index in [0.717, 1.165) is 0 Å². The fourth-order valence-corrected chi connectivity index (χ4v) is 3.76. The van der Waals surface area contributed by atoms with Crippen molar-refractivity contribution in [2.75, 3.05) is 0 Å². The normalized spacial score (nSPS) is 13.4. The lowest BCUT2D eigenvalue weighted by Crippen LogP contribution is -2.47. The summed E-state index contributed by atoms with van der Waals surface area (Å²) in [7, 11) is 0. The summed E-state index contributed by atoms with van der Waals surface area (Å²) in [6.07, 6.45) is 1.92. The molecule has 4 rings (SSSR count). The molecule has 4 aromatic rings. The average molecular weight is 381 g/mol. The zero-order valence-electron chi connectivity index (χ0n) is 14.5. The summed E-state index contributed by atoms with van der Waals surface area (Å²) in [5, 5.41) is 5.43. The first-order valence-corrected chi connectivity index (χ1v) is 9.34. The van der Waals surface area contributed by atoms with Crippen molar-refractivity contribution in [2.24, 2.45) is 0 Å². The molecule has 0 radical (unpaired) electrons. The molecule has 27 heavy (non-hydrogen) atoms. The molecular formula is C20H16FN3O2S. The van der Waals surface area contributed by atoms with Crippen molar-refractivity contribution in [1.82, 2.24) is 15.3 Å². The number of carbonyl (C=O) groups is 1. The predicted octanol–water partition coefficient (Wildman–Crippen LogP) is 4.24. The van der Waals surface area contributed by atoms with E-state index in [-0.39, 0.29) is 24.0 Å². The molecule has 0 aliphatic heterocycles. The number of nitrogens with zero attached hydrogens (tertiary/aromatic N) is 2. The maximum absolute atomic E-state index is 13.6. The van der Waals surface area contributed by atoms with Gasteiger partial charge in [-0.25, -0.2) is 14.4 Å². The fourth-order valence-electron chi connectivity index (χ4n) is 2.96. The van der Waals surface area contributed by atoms with E-state index < -0.39 is 5.54 Å². The van der Waals surface area contributed by atoms with Crippen LogP contribution in [-0.2, 0) is 10.3 Å². The Morgan fingerprint density at radius 1 is 1.22 bits per heavy atom. The van der Waals surface area contributed by atoms with Crippen LogP contribution in [0.2, 0.25) is 0 Å². The van der Waals surface area contributed by atoms with Crippen LogP contribution in [0.25, 0.3) is 11.1 Å². The third kappa shape index (κ3) is 3.00. The van der Waals surface area contributed by atoms with E-state index in [1.54, 1.807) is 25.3 Å². The summed E-state index contributed by atoms with van der Waals surface area (Å²) in [5.74, 6) is -0.282. The van der Waals surface area contributed by atoms with Gasteiger partial charge in [-0.15, -0.1) is 11.3 Å². The monoisotopic (exact) mass is 381 g/mol. The van der Waals surface area contributed by atoms with Gasteiger partial charge in [0.2, 0.25) is 11.8 Å². The molecule has 136 valence electrons. The number of benzene rings is 2. The van der Waals surface area contributed by atoms with Gasteiger partial charge >= 0.3 is 0 Å². The summed E-state index contributed by atoms with van der Waals surface area (Å²) in [6.45, 7) is 1.76. The first kappa shape index (κ1) is 17.4. The Morgan fingerprint density at radius 2 is 2.00 bits per heavy atom. The number of hydrogen-bond acceptors (Lipinski definition) is 5. The van der Waals surface area contributed by atoms with Gasteiger partial charge in [-0.05, 0) is 29.8 Å². The first-order chi connectivity index (χ1) is 13.1. The van der Waals surface area contributed by atoms with E-state index in [1.165, 1.54) is 23.5 Å². The number of thiazole rings is 1. The quantitative estimate of drug-likeness (QED) is 0.561. The second kappa shape index (κ2) is 6.92. The molecule has 2 heterocycles. The van der Waals surface area contributed by atoms with Gasteiger partial charge in [-0.3, -0.25) is 4.79 Å². The van der Waals surface area contributed by atoms with E-state index >= 15 is 0 Å². The minimum absolute atomic E-state index is 0.197. The molecule has 1 unspecified atom stereocenters. The van der Waals surface area contributed by atoms with E-state index in [0.29, 0.717) is 21.7 Å². The molecule has 1 N–H and O–H groups in total. The van der Waals surface area contributed by atoms with Crippen molar-refractivity contribution < 1.29 is 13.6 Å². The molecule has 2 aromatic heterocycles. The van der Waals surface area contributed by atoms with Crippen molar-refractivity contribution >= 4 is 28.3 Å². The summed E-state index contributed by atoms with van der Waals surface area (Å²) < 4.78 is 19.6. The summed E-state index contributed by atoms with van der Waals surface area (Å²) in [6, 6.07) is 13.3. The summed E-state index contributed by atoms with van der Waals surface area (Å²) in [5.41, 5.74) is 0.642. The molecule has 0 bridgehead atoms. The van der Waals surface area contributed by atoms with Gasteiger partial charge < -0.3 is 9.73 Å². The highest BCUT2D eigenvalue weighted by Gasteiger charge is 2.45. The predicted molar refractivity (Wildman–Crippen MR) is 101 cm³/mol. The first-order valence-electron chi connectivity index (χ1n) is 8.46. The third-order valence-electron chi connectivity index (χ3n) is 4.29. The van der Waals surface area contributed by atoms with Crippen molar-refractivity contribution in [3.63, 3.8) is 0 Å². The number of para-hydroxylation sites is 2. The largest absolute Gasteiger partial charge is 0.437 e. The van der Waals surface area contributed by atoms with Crippen LogP contribution in [0.5, 0.6) is 0 Å². The number of rotatable bonds is 5. The van der Waals surface area contributed by atoms with Crippen LogP contribution in [0, 0.1) is 5.82 Å². The van der Waals surface area contributed by atoms with Crippen molar-refractivity contribution in [3.05, 3.63) is 82.4 Å². The highest BCUT2D eigenvalue weighted by Crippen LogP contribution is 2.39. The van der Waals surface area contributed by atoms with E-state index in [4.69, 9.17) is 4.42 Å². The van der Waals surface area contributed by atoms with Crippen LogP contribution >= 0.6 is 11.3 Å². The van der Waals surface area contributed by atoms with Gasteiger partial charge in [0.15, 0.2) is 11.1 Å². The number of fused-ring (bicyclic) bond motifs is 1. The lowest BCUT2D eigenvalue weighted by atomic mass is 9.89. The number of nitrogens with one attached hydrogen (secondary N) is 1. The summed E-state index contributed by atoms with van der Waals surface area (Å²) in [4.78, 5) is 21.5. The SMILES string of the molecule is CCC(=O)NC(c1ccc(F)cc1)(c1nc2ccccc2o1)c1nccs1. The molecule has 0 saturated heterocycles. The molecule has 0 aliphatic carbocycles. The maximum atomic E-state index is 13.6. The van der Waals surface area contributed by atoms with Gasteiger partial charge in [0, 0.05) is 18.0 Å². The number of carbonyl (C=O) groups excluding carboxylic acids is 1. The highest BCUT2D eigenvalue weighted by atomic mass is 32.1. The molecule has 5 nitrogen and oxygen atoms in total. The van der Waals surface area contributed by atoms with Crippen molar-refractivity contribution in [3.8, 4) is 0 Å². The number of amides is 1. The Labute approximate surface area is 158 Å². The lowest BCUT2D eigenvalue weighted by molar-refractivity contribution is -0.122. The average Bonchev–Trinajstić information content (AvgIpc) is 3.36. The van der Waals surface area contributed by atoms with Gasteiger partial charge in [0.05, 0.1) is 0 Å². The molecule has 0 saturated carbocycles. The second-order valence-corrected chi connectivity index (χ2v) is 6.88. The lowest BCUT2D eigenvalue weighted by Gasteiger charge is -2.30. The van der Waals surface area contributed by atoms with Crippen molar-refractivity contribution in [2.45, 2.75) is 18.9 Å². The molecule has 0 aliphatic rings. The van der Waals surface area contributed by atoms with Crippen molar-refractivity contribution in [1.29, 1.82) is 0 Å². The Balaban J connectivity index is 2.02. The number of halogens is 1. The van der Waals surface area contributed by atoms with Crippen LogP contribution < -0.4 is 5.32 Å². The molecular weight excluding hydrogens is 365 g/mol. The van der Waals surface area contributed by atoms with Gasteiger partial charge in [0.1, 0.15) is 16.3 Å². The van der Waals surface area contributed by atoms with E-state index in [1.807, 2.05) is 29.6 Å². The Hall–Kier alpha value is -3.06. The zero-order chi connectivity index (χ0) is 18.9. The van der Waals surface area contributed by atoms with Gasteiger partial charge in [-0.2, -0.15) is 0 Å². The minimum atomic E-state index is -1.24. The van der Waals surface area contributed by atoms with Crippen LogP contribution in [0.15, 0.2) is 64.5 Å². The van der Waals surface area contributed by atoms with E-state index in [2.05, 4.69) is 15.3 Å². The molecule has 1 amide bonds. The smallest absolute Gasteiger partial charge is 0.233 e. The minimum Gasteiger partial charge on any atom is -0.437 e. The Kier molecular flexibility index (Phi) is 4.45. The Morgan fingerprint density at radius 3 is 2.67 bits per heavy atom. The topological polar surface area (TPSA) is 68.0 Å².